The van der Waals surface area contributed by atoms with E-state index < -0.39 is 5.82 Å². The highest BCUT2D eigenvalue weighted by Gasteiger charge is 2.16. The van der Waals surface area contributed by atoms with Crippen molar-refractivity contribution in [2.75, 3.05) is 24.1 Å². The van der Waals surface area contributed by atoms with Gasteiger partial charge >= 0.3 is 0 Å². The predicted molar refractivity (Wildman–Crippen MR) is 81.0 cm³/mol. The fourth-order valence-corrected chi connectivity index (χ4v) is 1.95. The summed E-state index contributed by atoms with van der Waals surface area (Å²) in [6, 6.07) is 4.24. The Labute approximate surface area is 120 Å². The van der Waals surface area contributed by atoms with E-state index in [1.165, 1.54) is 18.2 Å². The third-order valence-electron chi connectivity index (χ3n) is 2.96. The van der Waals surface area contributed by atoms with Gasteiger partial charge in [-0.1, -0.05) is 13.8 Å². The second-order valence-corrected chi connectivity index (χ2v) is 5.70. The quantitative estimate of drug-likeness (QED) is 0.788. The van der Waals surface area contributed by atoms with Crippen LogP contribution in [0.25, 0.3) is 0 Å². The number of nitrogens with two attached hydrogens (primary N) is 1. The molecule has 1 aromatic rings. The number of hydrogen-bond donors (Lipinski definition) is 2. The Morgan fingerprint density at radius 2 is 2.00 bits per heavy atom. The summed E-state index contributed by atoms with van der Waals surface area (Å²) in [5, 5.41) is 2.72. The fraction of sp³-hybridized carbons (Fsp3) is 0.533. The number of hydrogen-bond acceptors (Lipinski definition) is 3. The molecule has 1 rings (SSSR count). The molecule has 1 aromatic carbocycles. The molecule has 0 aliphatic carbocycles. The molecule has 0 saturated heterocycles. The van der Waals surface area contributed by atoms with Gasteiger partial charge in [-0.25, -0.2) is 4.39 Å². The average Bonchev–Trinajstić information content (AvgIpc) is 2.31. The number of rotatable bonds is 6. The van der Waals surface area contributed by atoms with Gasteiger partial charge in [-0.3, -0.25) is 9.69 Å². The summed E-state index contributed by atoms with van der Waals surface area (Å²) in [6.07, 6.45) is 0. The number of nitrogens with zero attached hydrogens (tertiary/aromatic N) is 1. The zero-order chi connectivity index (χ0) is 15.3. The first-order chi connectivity index (χ1) is 9.29. The molecule has 4 nitrogen and oxygen atoms in total. The van der Waals surface area contributed by atoms with E-state index in [0.29, 0.717) is 18.2 Å². The Kier molecular flexibility index (Phi) is 5.95. The summed E-state index contributed by atoms with van der Waals surface area (Å²) in [7, 11) is 0. The maximum Gasteiger partial charge on any atom is 0.238 e. The molecular weight excluding hydrogens is 257 g/mol. The summed E-state index contributed by atoms with van der Waals surface area (Å²) in [5.74, 6) is -0.0668. The molecule has 0 saturated carbocycles. The van der Waals surface area contributed by atoms with Gasteiger partial charge in [0.25, 0.3) is 0 Å². The van der Waals surface area contributed by atoms with Crippen LogP contribution in [0.3, 0.4) is 0 Å². The van der Waals surface area contributed by atoms with Crippen molar-refractivity contribution in [1.82, 2.24) is 4.90 Å². The largest absolute Gasteiger partial charge is 0.397 e. The molecule has 0 radical (unpaired) electrons. The van der Waals surface area contributed by atoms with Crippen molar-refractivity contribution in [1.29, 1.82) is 0 Å². The molecule has 0 unspecified atom stereocenters. The van der Waals surface area contributed by atoms with E-state index in [9.17, 15) is 9.18 Å². The van der Waals surface area contributed by atoms with E-state index in [4.69, 9.17) is 5.73 Å². The zero-order valence-electron chi connectivity index (χ0n) is 12.6. The van der Waals surface area contributed by atoms with Crippen molar-refractivity contribution >= 4 is 17.3 Å². The number of halogens is 1. The van der Waals surface area contributed by atoms with Crippen LogP contribution in [-0.4, -0.2) is 29.9 Å². The topological polar surface area (TPSA) is 58.4 Å². The lowest BCUT2D eigenvalue weighted by Crippen LogP contribution is -2.40. The molecule has 112 valence electrons. The van der Waals surface area contributed by atoms with Crippen molar-refractivity contribution in [3.8, 4) is 0 Å². The summed E-state index contributed by atoms with van der Waals surface area (Å²) >= 11 is 0. The lowest BCUT2D eigenvalue weighted by atomic mass is 10.2. The van der Waals surface area contributed by atoms with Gasteiger partial charge in [-0.05, 0) is 38.0 Å². The first-order valence-corrected chi connectivity index (χ1v) is 6.88. The molecule has 0 spiro atoms. The van der Waals surface area contributed by atoms with E-state index in [1.807, 2.05) is 0 Å². The van der Waals surface area contributed by atoms with Crippen molar-refractivity contribution in [2.24, 2.45) is 5.92 Å². The number of nitrogen functional groups attached to an aromatic ring is 1. The monoisotopic (exact) mass is 281 g/mol. The van der Waals surface area contributed by atoms with Crippen LogP contribution in [0.5, 0.6) is 0 Å². The van der Waals surface area contributed by atoms with Gasteiger partial charge in [0.15, 0.2) is 0 Å². The van der Waals surface area contributed by atoms with Gasteiger partial charge in [0.2, 0.25) is 5.91 Å². The van der Waals surface area contributed by atoms with E-state index in [2.05, 4.69) is 37.9 Å². The van der Waals surface area contributed by atoms with Crippen LogP contribution in [0.4, 0.5) is 15.8 Å². The molecule has 0 aliphatic rings. The highest BCUT2D eigenvalue weighted by Crippen LogP contribution is 2.19. The van der Waals surface area contributed by atoms with Gasteiger partial charge in [0.1, 0.15) is 5.82 Å². The van der Waals surface area contributed by atoms with Crippen LogP contribution in [-0.2, 0) is 4.79 Å². The average molecular weight is 281 g/mol. The molecule has 0 fully saturated rings. The molecule has 0 aliphatic heterocycles. The molecule has 0 atom stereocenters. The first kappa shape index (κ1) is 16.4. The number of anilines is 2. The molecule has 0 bridgehead atoms. The normalized spacial score (nSPS) is 11.4. The van der Waals surface area contributed by atoms with Crippen LogP contribution in [0, 0.1) is 11.7 Å². The summed E-state index contributed by atoms with van der Waals surface area (Å²) in [5.41, 5.74) is 6.36. The van der Waals surface area contributed by atoms with Gasteiger partial charge in [-0.15, -0.1) is 0 Å². The molecule has 5 heteroatoms. The summed E-state index contributed by atoms with van der Waals surface area (Å²) in [4.78, 5) is 14.1. The van der Waals surface area contributed by atoms with Crippen molar-refractivity contribution in [3.05, 3.63) is 24.0 Å². The van der Waals surface area contributed by atoms with Crippen LogP contribution >= 0.6 is 0 Å². The van der Waals surface area contributed by atoms with E-state index in [-0.39, 0.29) is 17.6 Å². The van der Waals surface area contributed by atoms with E-state index in [0.717, 1.165) is 6.54 Å². The van der Waals surface area contributed by atoms with Crippen LogP contribution in [0.1, 0.15) is 27.7 Å². The smallest absolute Gasteiger partial charge is 0.238 e. The lowest BCUT2D eigenvalue weighted by Gasteiger charge is -2.27. The Bertz CT molecular complexity index is 460. The minimum atomic E-state index is -0.413. The van der Waals surface area contributed by atoms with Crippen LogP contribution < -0.4 is 11.1 Å². The number of carbonyl (C=O) groups excluding carboxylic acids is 1. The molecule has 1 amide bonds. The Hall–Kier alpha value is -1.62. The number of carbonyl (C=O) groups is 1. The summed E-state index contributed by atoms with van der Waals surface area (Å²) < 4.78 is 12.9. The predicted octanol–water partition coefficient (Wildman–Crippen LogP) is 2.71. The third kappa shape index (κ3) is 5.17. The highest BCUT2D eigenvalue weighted by atomic mass is 19.1. The maximum atomic E-state index is 12.9. The lowest BCUT2D eigenvalue weighted by molar-refractivity contribution is -0.117. The standard InChI is InChI=1S/C15H24FN3O/c1-10(2)8-19(11(3)4)9-15(20)18-14-6-5-12(16)7-13(14)17/h5-7,10-11H,8-9,17H2,1-4H3,(H,18,20). The minimum Gasteiger partial charge on any atom is -0.397 e. The maximum absolute atomic E-state index is 12.9. The first-order valence-electron chi connectivity index (χ1n) is 6.88. The number of nitrogens with one attached hydrogen (secondary N) is 1. The third-order valence-corrected chi connectivity index (χ3v) is 2.96. The van der Waals surface area contributed by atoms with Crippen LogP contribution in [0.2, 0.25) is 0 Å². The van der Waals surface area contributed by atoms with Crippen molar-refractivity contribution in [2.45, 2.75) is 33.7 Å². The molecular formula is C15H24FN3O. The summed E-state index contributed by atoms with van der Waals surface area (Å²) in [6.45, 7) is 9.50. The van der Waals surface area contributed by atoms with E-state index >= 15 is 0 Å². The number of benzene rings is 1. The van der Waals surface area contributed by atoms with Gasteiger partial charge in [-0.2, -0.15) is 0 Å². The Morgan fingerprint density at radius 3 is 2.50 bits per heavy atom. The van der Waals surface area contributed by atoms with Gasteiger partial charge < -0.3 is 11.1 Å². The second-order valence-electron chi connectivity index (χ2n) is 5.70. The molecule has 3 N–H and O–H groups in total. The van der Waals surface area contributed by atoms with Crippen molar-refractivity contribution < 1.29 is 9.18 Å². The van der Waals surface area contributed by atoms with Gasteiger partial charge in [0, 0.05) is 12.6 Å². The molecule has 20 heavy (non-hydrogen) atoms. The van der Waals surface area contributed by atoms with Crippen molar-refractivity contribution in [3.63, 3.8) is 0 Å². The Balaban J connectivity index is 2.65. The second kappa shape index (κ2) is 7.24. The van der Waals surface area contributed by atoms with E-state index in [1.54, 1.807) is 0 Å². The zero-order valence-corrected chi connectivity index (χ0v) is 12.6. The van der Waals surface area contributed by atoms with Crippen LogP contribution in [0.15, 0.2) is 18.2 Å². The fourth-order valence-electron chi connectivity index (χ4n) is 1.95. The number of amides is 1. The molecule has 0 heterocycles. The Morgan fingerprint density at radius 1 is 1.35 bits per heavy atom. The SMILES string of the molecule is CC(C)CN(CC(=O)Nc1ccc(F)cc1N)C(C)C. The minimum absolute atomic E-state index is 0.141. The highest BCUT2D eigenvalue weighted by molar-refractivity contribution is 5.95. The van der Waals surface area contributed by atoms with Gasteiger partial charge in [0.05, 0.1) is 17.9 Å². The molecule has 0 aromatic heterocycles.